The molecule has 0 saturated heterocycles. The molecule has 0 bridgehead atoms. The number of hydrogen-bond donors (Lipinski definition) is 1. The summed E-state index contributed by atoms with van der Waals surface area (Å²) in [4.78, 5) is 24.3. The number of ketones is 1. The predicted octanol–water partition coefficient (Wildman–Crippen LogP) is 4.61. The molecule has 0 saturated carbocycles. The van der Waals surface area contributed by atoms with E-state index in [0.29, 0.717) is 32.8 Å². The summed E-state index contributed by atoms with van der Waals surface area (Å²) in [6, 6.07) is 9.70. The molecule has 0 atom stereocenters. The zero-order chi connectivity index (χ0) is 18.4. The summed E-state index contributed by atoms with van der Waals surface area (Å²) >= 11 is 11.7. The Morgan fingerprint density at radius 2 is 1.72 bits per heavy atom. The van der Waals surface area contributed by atoms with Gasteiger partial charge < -0.3 is 14.8 Å². The van der Waals surface area contributed by atoms with E-state index in [0.717, 1.165) is 0 Å². The van der Waals surface area contributed by atoms with Crippen LogP contribution in [-0.2, 0) is 4.79 Å². The highest BCUT2D eigenvalue weighted by Crippen LogP contribution is 2.27. The van der Waals surface area contributed by atoms with Crippen LogP contribution in [0, 0.1) is 0 Å². The number of methoxy groups -OCH3 is 2. The molecular formula is C18H17Cl2NO4. The average Bonchev–Trinajstić information content (AvgIpc) is 2.62. The summed E-state index contributed by atoms with van der Waals surface area (Å²) in [5.74, 6) is 0.517. The van der Waals surface area contributed by atoms with Gasteiger partial charge in [0.2, 0.25) is 5.91 Å². The van der Waals surface area contributed by atoms with Gasteiger partial charge in [-0.3, -0.25) is 9.59 Å². The number of amides is 1. The maximum atomic E-state index is 12.3. The van der Waals surface area contributed by atoms with E-state index in [2.05, 4.69) is 5.32 Å². The summed E-state index contributed by atoms with van der Waals surface area (Å²) in [5.41, 5.74) is 0.930. The van der Waals surface area contributed by atoms with Crippen LogP contribution in [0.25, 0.3) is 0 Å². The van der Waals surface area contributed by atoms with Crippen molar-refractivity contribution in [2.24, 2.45) is 0 Å². The molecule has 2 rings (SSSR count). The third-order valence-corrected chi connectivity index (χ3v) is 4.23. The lowest BCUT2D eigenvalue weighted by atomic mass is 10.0. The monoisotopic (exact) mass is 381 g/mol. The molecule has 0 radical (unpaired) electrons. The van der Waals surface area contributed by atoms with Crippen molar-refractivity contribution >= 4 is 40.6 Å². The second kappa shape index (κ2) is 8.74. The van der Waals surface area contributed by atoms with E-state index in [1.165, 1.54) is 14.2 Å². The molecular weight excluding hydrogens is 365 g/mol. The first-order valence-electron chi connectivity index (χ1n) is 7.44. The maximum Gasteiger partial charge on any atom is 0.224 e. The van der Waals surface area contributed by atoms with Crippen molar-refractivity contribution in [3.63, 3.8) is 0 Å². The molecule has 0 aliphatic carbocycles. The third-order valence-electron chi connectivity index (χ3n) is 3.49. The molecule has 0 spiro atoms. The fraction of sp³-hybridized carbons (Fsp3) is 0.222. The van der Waals surface area contributed by atoms with Gasteiger partial charge in [0.05, 0.1) is 29.8 Å². The molecule has 0 heterocycles. The molecule has 0 aliphatic heterocycles. The van der Waals surface area contributed by atoms with E-state index in [-0.39, 0.29) is 24.5 Å². The second-order valence-corrected chi connectivity index (χ2v) is 5.98. The second-order valence-electron chi connectivity index (χ2n) is 5.17. The van der Waals surface area contributed by atoms with Crippen LogP contribution in [0.3, 0.4) is 0 Å². The van der Waals surface area contributed by atoms with Crippen molar-refractivity contribution in [2.45, 2.75) is 12.8 Å². The summed E-state index contributed by atoms with van der Waals surface area (Å²) in [6.07, 6.45) is 0.0874. The number of Topliss-reactive ketones (excluding diaryl/α,β-unsaturated/α-hetero) is 1. The van der Waals surface area contributed by atoms with Gasteiger partial charge in [-0.1, -0.05) is 23.2 Å². The Kier molecular flexibility index (Phi) is 6.67. The Hall–Kier alpha value is -2.24. The van der Waals surface area contributed by atoms with Crippen LogP contribution < -0.4 is 14.8 Å². The van der Waals surface area contributed by atoms with Crippen molar-refractivity contribution in [3.8, 4) is 11.5 Å². The number of benzene rings is 2. The average molecular weight is 382 g/mol. The van der Waals surface area contributed by atoms with Crippen LogP contribution in [-0.4, -0.2) is 25.9 Å². The van der Waals surface area contributed by atoms with E-state index < -0.39 is 0 Å². The minimum atomic E-state index is -0.292. The molecule has 1 amide bonds. The van der Waals surface area contributed by atoms with Crippen LogP contribution in [0.5, 0.6) is 11.5 Å². The number of carbonyl (C=O) groups is 2. The molecule has 7 heteroatoms. The minimum Gasteiger partial charge on any atom is -0.497 e. The van der Waals surface area contributed by atoms with Crippen molar-refractivity contribution in [1.29, 1.82) is 0 Å². The van der Waals surface area contributed by atoms with Crippen LogP contribution in [0.1, 0.15) is 23.2 Å². The third kappa shape index (κ3) is 5.11. The number of rotatable bonds is 7. The Balaban J connectivity index is 1.97. The normalized spacial score (nSPS) is 10.2. The van der Waals surface area contributed by atoms with Gasteiger partial charge in [0.25, 0.3) is 0 Å². The van der Waals surface area contributed by atoms with Gasteiger partial charge in [-0.05, 0) is 30.3 Å². The summed E-state index contributed by atoms with van der Waals surface area (Å²) in [7, 11) is 3.01. The van der Waals surface area contributed by atoms with Crippen molar-refractivity contribution < 1.29 is 19.1 Å². The van der Waals surface area contributed by atoms with Gasteiger partial charge in [0.1, 0.15) is 11.5 Å². The molecule has 1 N–H and O–H groups in total. The molecule has 25 heavy (non-hydrogen) atoms. The first-order chi connectivity index (χ1) is 11.9. The maximum absolute atomic E-state index is 12.3. The summed E-state index contributed by atoms with van der Waals surface area (Å²) in [5, 5.41) is 3.43. The summed E-state index contributed by atoms with van der Waals surface area (Å²) < 4.78 is 10.3. The number of halogens is 2. The minimum absolute atomic E-state index is 0.0360. The molecule has 2 aromatic rings. The van der Waals surface area contributed by atoms with Gasteiger partial charge in [-0.25, -0.2) is 0 Å². The molecule has 0 aromatic heterocycles. The Morgan fingerprint density at radius 3 is 2.36 bits per heavy atom. The quantitative estimate of drug-likeness (QED) is 0.711. The molecule has 2 aromatic carbocycles. The first kappa shape index (κ1) is 19.1. The number of ether oxygens (including phenoxy) is 2. The lowest BCUT2D eigenvalue weighted by Crippen LogP contribution is -2.14. The fourth-order valence-corrected chi connectivity index (χ4v) is 2.49. The van der Waals surface area contributed by atoms with Crippen LogP contribution in [0.15, 0.2) is 36.4 Å². The van der Waals surface area contributed by atoms with Crippen LogP contribution >= 0.6 is 23.2 Å². The first-order valence-corrected chi connectivity index (χ1v) is 8.20. The summed E-state index contributed by atoms with van der Waals surface area (Å²) in [6.45, 7) is 0. The number of nitrogens with one attached hydrogen (secondary N) is 1. The fourth-order valence-electron chi connectivity index (χ4n) is 2.19. The van der Waals surface area contributed by atoms with Crippen LogP contribution in [0.4, 0.5) is 5.69 Å². The predicted molar refractivity (Wildman–Crippen MR) is 98.2 cm³/mol. The molecule has 132 valence electrons. The van der Waals surface area contributed by atoms with Crippen molar-refractivity contribution in [1.82, 2.24) is 0 Å². The highest BCUT2D eigenvalue weighted by Gasteiger charge is 2.15. The van der Waals surface area contributed by atoms with E-state index in [9.17, 15) is 9.59 Å². The van der Waals surface area contributed by atoms with Gasteiger partial charge in [-0.15, -0.1) is 0 Å². The van der Waals surface area contributed by atoms with Crippen LogP contribution in [0.2, 0.25) is 10.0 Å². The van der Waals surface area contributed by atoms with Gasteiger partial charge in [-0.2, -0.15) is 0 Å². The topological polar surface area (TPSA) is 64.6 Å². The smallest absolute Gasteiger partial charge is 0.224 e. The van der Waals surface area contributed by atoms with E-state index in [4.69, 9.17) is 32.7 Å². The lowest BCUT2D eigenvalue weighted by Gasteiger charge is -2.10. The lowest BCUT2D eigenvalue weighted by molar-refractivity contribution is -0.116. The number of anilines is 1. The van der Waals surface area contributed by atoms with Gasteiger partial charge in [0.15, 0.2) is 5.78 Å². The van der Waals surface area contributed by atoms with E-state index >= 15 is 0 Å². The zero-order valence-electron chi connectivity index (χ0n) is 13.8. The van der Waals surface area contributed by atoms with E-state index in [1.807, 2.05) is 0 Å². The van der Waals surface area contributed by atoms with E-state index in [1.54, 1.807) is 36.4 Å². The molecule has 5 nitrogen and oxygen atoms in total. The number of hydrogen-bond acceptors (Lipinski definition) is 4. The number of carbonyl (C=O) groups excluding carboxylic acids is 2. The largest absolute Gasteiger partial charge is 0.497 e. The highest BCUT2D eigenvalue weighted by molar-refractivity contribution is 6.42. The van der Waals surface area contributed by atoms with Gasteiger partial charge >= 0.3 is 0 Å². The SMILES string of the molecule is COc1ccc(C(=O)CCC(=O)Nc2ccc(Cl)c(Cl)c2)c(OC)c1. The Bertz CT molecular complexity index is 793. The zero-order valence-corrected chi connectivity index (χ0v) is 15.3. The molecule has 0 unspecified atom stereocenters. The molecule has 0 aliphatic rings. The standard InChI is InChI=1S/C18H17Cl2NO4/c1-24-12-4-5-13(17(10-12)25-2)16(22)7-8-18(23)21-11-3-6-14(19)15(20)9-11/h3-6,9-10H,7-8H2,1-2H3,(H,21,23). The molecule has 0 fully saturated rings. The Labute approximate surface area is 155 Å². The van der Waals surface area contributed by atoms with Crippen molar-refractivity contribution in [2.75, 3.05) is 19.5 Å². The highest BCUT2D eigenvalue weighted by atomic mass is 35.5. The van der Waals surface area contributed by atoms with Crippen molar-refractivity contribution in [3.05, 3.63) is 52.0 Å². The van der Waals surface area contributed by atoms with Gasteiger partial charge in [0, 0.05) is 24.6 Å². The Morgan fingerprint density at radius 1 is 0.960 bits per heavy atom.